The van der Waals surface area contributed by atoms with E-state index in [1.54, 1.807) is 0 Å². The lowest BCUT2D eigenvalue weighted by atomic mass is 10.0. The molecule has 1 atom stereocenters. The fourth-order valence-electron chi connectivity index (χ4n) is 3.28. The second-order valence-corrected chi connectivity index (χ2v) is 5.31. The van der Waals surface area contributed by atoms with Gasteiger partial charge in [-0.15, -0.1) is 0 Å². The molecule has 0 radical (unpaired) electrons. The molecule has 2 nitrogen and oxygen atoms in total. The Hall–Kier alpha value is -0.0800. The van der Waals surface area contributed by atoms with Crippen molar-refractivity contribution in [1.29, 1.82) is 0 Å². The molecule has 2 rings (SSSR count). The van der Waals surface area contributed by atoms with Crippen LogP contribution in [0, 0.1) is 5.92 Å². The summed E-state index contributed by atoms with van der Waals surface area (Å²) in [6.45, 7) is 2.81. The maximum absolute atomic E-state index is 9.21. The van der Waals surface area contributed by atoms with Crippen molar-refractivity contribution in [1.82, 2.24) is 4.90 Å². The van der Waals surface area contributed by atoms with Gasteiger partial charge in [-0.3, -0.25) is 4.90 Å². The molecule has 1 saturated carbocycles. The SMILES string of the molecule is OCC1CCCN1CCCC1CCCC1. The van der Waals surface area contributed by atoms with Crippen molar-refractivity contribution >= 4 is 0 Å². The summed E-state index contributed by atoms with van der Waals surface area (Å²) in [5, 5.41) is 9.21. The summed E-state index contributed by atoms with van der Waals surface area (Å²) in [4.78, 5) is 2.49. The number of rotatable bonds is 5. The van der Waals surface area contributed by atoms with Gasteiger partial charge >= 0.3 is 0 Å². The van der Waals surface area contributed by atoms with Crippen molar-refractivity contribution in [2.45, 2.75) is 57.4 Å². The third kappa shape index (κ3) is 3.18. The zero-order valence-electron chi connectivity index (χ0n) is 9.83. The number of aliphatic hydroxyl groups is 1. The van der Waals surface area contributed by atoms with Crippen LogP contribution in [0.1, 0.15) is 51.4 Å². The van der Waals surface area contributed by atoms with Crippen LogP contribution in [0.3, 0.4) is 0 Å². The average Bonchev–Trinajstić information content (AvgIpc) is 2.88. The molecule has 0 bridgehead atoms. The highest BCUT2D eigenvalue weighted by Crippen LogP contribution is 2.29. The molecule has 1 aliphatic carbocycles. The molecule has 1 aliphatic heterocycles. The van der Waals surface area contributed by atoms with Gasteiger partial charge in [-0.1, -0.05) is 25.7 Å². The number of hydrogen-bond acceptors (Lipinski definition) is 2. The zero-order valence-corrected chi connectivity index (χ0v) is 9.83. The summed E-state index contributed by atoms with van der Waals surface area (Å²) in [7, 11) is 0. The van der Waals surface area contributed by atoms with Crippen LogP contribution in [0.5, 0.6) is 0 Å². The maximum Gasteiger partial charge on any atom is 0.0586 e. The summed E-state index contributed by atoms with van der Waals surface area (Å²) >= 11 is 0. The van der Waals surface area contributed by atoms with Crippen LogP contribution < -0.4 is 0 Å². The van der Waals surface area contributed by atoms with Crippen molar-refractivity contribution in [3.05, 3.63) is 0 Å². The van der Waals surface area contributed by atoms with Gasteiger partial charge in [0, 0.05) is 6.04 Å². The molecule has 1 saturated heterocycles. The van der Waals surface area contributed by atoms with Crippen molar-refractivity contribution in [2.24, 2.45) is 5.92 Å². The topological polar surface area (TPSA) is 23.5 Å². The second-order valence-electron chi connectivity index (χ2n) is 5.31. The highest BCUT2D eigenvalue weighted by Gasteiger charge is 2.23. The van der Waals surface area contributed by atoms with E-state index in [9.17, 15) is 5.11 Å². The van der Waals surface area contributed by atoms with E-state index in [0.717, 1.165) is 5.92 Å². The predicted molar refractivity (Wildman–Crippen MR) is 62.9 cm³/mol. The van der Waals surface area contributed by atoms with E-state index < -0.39 is 0 Å². The van der Waals surface area contributed by atoms with Gasteiger partial charge in [0.15, 0.2) is 0 Å². The second kappa shape index (κ2) is 5.86. The molecule has 2 aliphatic rings. The lowest BCUT2D eigenvalue weighted by Gasteiger charge is -2.23. The van der Waals surface area contributed by atoms with Crippen LogP contribution in [0.25, 0.3) is 0 Å². The Kier molecular flexibility index (Phi) is 4.45. The number of likely N-dealkylation sites (tertiary alicyclic amines) is 1. The minimum absolute atomic E-state index is 0.365. The van der Waals surface area contributed by atoms with Gasteiger partial charge in [0.2, 0.25) is 0 Å². The molecule has 2 heteroatoms. The van der Waals surface area contributed by atoms with Crippen LogP contribution in [0.2, 0.25) is 0 Å². The zero-order chi connectivity index (χ0) is 10.5. The van der Waals surface area contributed by atoms with E-state index in [1.165, 1.54) is 64.5 Å². The normalized spacial score (nSPS) is 29.0. The molecule has 1 heterocycles. The van der Waals surface area contributed by atoms with E-state index in [1.807, 2.05) is 0 Å². The Bertz CT molecular complexity index is 177. The Labute approximate surface area is 93.7 Å². The minimum atomic E-state index is 0.365. The molecule has 0 aromatic rings. The van der Waals surface area contributed by atoms with Crippen molar-refractivity contribution < 1.29 is 5.11 Å². The third-order valence-corrected chi connectivity index (χ3v) is 4.24. The predicted octanol–water partition coefficient (Wildman–Crippen LogP) is 2.41. The Morgan fingerprint density at radius 1 is 1.07 bits per heavy atom. The van der Waals surface area contributed by atoms with Crippen molar-refractivity contribution in [3.8, 4) is 0 Å². The number of nitrogens with zero attached hydrogens (tertiary/aromatic N) is 1. The summed E-state index contributed by atoms with van der Waals surface area (Å²) in [6.07, 6.45) is 11.2. The first-order valence-electron chi connectivity index (χ1n) is 6.75. The molecule has 0 amide bonds. The van der Waals surface area contributed by atoms with Crippen LogP contribution in [0.15, 0.2) is 0 Å². The maximum atomic E-state index is 9.21. The van der Waals surface area contributed by atoms with Crippen LogP contribution in [-0.4, -0.2) is 35.7 Å². The third-order valence-electron chi connectivity index (χ3n) is 4.24. The lowest BCUT2D eigenvalue weighted by molar-refractivity contribution is 0.155. The smallest absolute Gasteiger partial charge is 0.0586 e. The van der Waals surface area contributed by atoms with Crippen LogP contribution >= 0.6 is 0 Å². The average molecular weight is 211 g/mol. The molecule has 0 spiro atoms. The fraction of sp³-hybridized carbons (Fsp3) is 1.00. The first-order valence-corrected chi connectivity index (χ1v) is 6.75. The van der Waals surface area contributed by atoms with E-state index in [0.29, 0.717) is 12.6 Å². The van der Waals surface area contributed by atoms with E-state index in [-0.39, 0.29) is 0 Å². The lowest BCUT2D eigenvalue weighted by Crippen LogP contribution is -2.33. The quantitative estimate of drug-likeness (QED) is 0.755. The largest absolute Gasteiger partial charge is 0.395 e. The van der Waals surface area contributed by atoms with E-state index in [2.05, 4.69) is 4.90 Å². The molecule has 15 heavy (non-hydrogen) atoms. The van der Waals surface area contributed by atoms with Crippen molar-refractivity contribution in [3.63, 3.8) is 0 Å². The summed E-state index contributed by atoms with van der Waals surface area (Å²) < 4.78 is 0. The van der Waals surface area contributed by atoms with E-state index in [4.69, 9.17) is 0 Å². The highest BCUT2D eigenvalue weighted by molar-refractivity contribution is 4.78. The fourth-order valence-corrected chi connectivity index (χ4v) is 3.28. The molecule has 88 valence electrons. The Morgan fingerprint density at radius 2 is 1.87 bits per heavy atom. The monoisotopic (exact) mass is 211 g/mol. The van der Waals surface area contributed by atoms with Gasteiger partial charge in [-0.25, -0.2) is 0 Å². The van der Waals surface area contributed by atoms with Gasteiger partial charge in [0.05, 0.1) is 6.61 Å². The molecule has 2 fully saturated rings. The first kappa shape index (κ1) is 11.4. The first-order chi connectivity index (χ1) is 7.40. The number of aliphatic hydroxyl groups excluding tert-OH is 1. The number of hydrogen-bond donors (Lipinski definition) is 1. The molecule has 0 aromatic carbocycles. The Morgan fingerprint density at radius 3 is 2.60 bits per heavy atom. The molecule has 0 aromatic heterocycles. The Balaban J connectivity index is 1.60. The molecule has 1 unspecified atom stereocenters. The summed E-state index contributed by atoms with van der Waals surface area (Å²) in [6, 6.07) is 0.480. The van der Waals surface area contributed by atoms with Gasteiger partial charge in [0.25, 0.3) is 0 Å². The van der Waals surface area contributed by atoms with Gasteiger partial charge < -0.3 is 5.11 Å². The summed E-state index contributed by atoms with van der Waals surface area (Å²) in [5.41, 5.74) is 0. The van der Waals surface area contributed by atoms with Gasteiger partial charge in [0.1, 0.15) is 0 Å². The van der Waals surface area contributed by atoms with Gasteiger partial charge in [-0.05, 0) is 44.7 Å². The van der Waals surface area contributed by atoms with Crippen molar-refractivity contribution in [2.75, 3.05) is 19.7 Å². The molecular formula is C13H25NO. The van der Waals surface area contributed by atoms with E-state index >= 15 is 0 Å². The standard InChI is InChI=1S/C13H25NO/c15-11-13-8-4-10-14(13)9-3-7-12-5-1-2-6-12/h12-13,15H,1-11H2. The summed E-state index contributed by atoms with van der Waals surface area (Å²) in [5.74, 6) is 1.03. The van der Waals surface area contributed by atoms with Gasteiger partial charge in [-0.2, -0.15) is 0 Å². The highest BCUT2D eigenvalue weighted by atomic mass is 16.3. The minimum Gasteiger partial charge on any atom is -0.395 e. The molecule has 1 N–H and O–H groups in total. The van der Waals surface area contributed by atoms with Crippen LogP contribution in [0.4, 0.5) is 0 Å². The van der Waals surface area contributed by atoms with Crippen LogP contribution in [-0.2, 0) is 0 Å². The molecular weight excluding hydrogens is 186 g/mol.